The molecule has 0 bridgehead atoms. The molecule has 39 heavy (non-hydrogen) atoms. The van der Waals surface area contributed by atoms with Crippen LogP contribution in [0.5, 0.6) is 5.75 Å². The van der Waals surface area contributed by atoms with Crippen molar-refractivity contribution in [2.45, 2.75) is 51.4 Å². The molecule has 0 unspecified atom stereocenters. The van der Waals surface area contributed by atoms with Crippen molar-refractivity contribution in [3.8, 4) is 28.0 Å². The molecule has 0 fully saturated rings. The Hall–Kier alpha value is -3.93. The van der Waals surface area contributed by atoms with Crippen LogP contribution in [0.3, 0.4) is 0 Å². The first-order chi connectivity index (χ1) is 18.9. The molecule has 0 spiro atoms. The molecular weight excluding hydrogens is 504 g/mol. The van der Waals surface area contributed by atoms with Crippen LogP contribution in [0.4, 0.5) is 17.6 Å². The average Bonchev–Trinajstić information content (AvgIpc) is 2.91. The predicted octanol–water partition coefficient (Wildman–Crippen LogP) is 9.46. The van der Waals surface area contributed by atoms with Gasteiger partial charge in [-0.25, -0.2) is 17.6 Å². The van der Waals surface area contributed by atoms with Crippen molar-refractivity contribution < 1.29 is 27.1 Å². The highest BCUT2D eigenvalue weighted by molar-refractivity contribution is 5.73. The number of aryl methyl sites for hydroxylation is 1. The van der Waals surface area contributed by atoms with E-state index in [0.717, 1.165) is 50.2 Å². The van der Waals surface area contributed by atoms with Crippen LogP contribution in [-0.2, 0) is 11.2 Å². The molecule has 4 rings (SSSR count). The summed E-state index contributed by atoms with van der Waals surface area (Å²) in [4.78, 5) is 12.1. The van der Waals surface area contributed by atoms with E-state index in [-0.39, 0.29) is 12.2 Å². The normalized spacial score (nSPS) is 11.0. The summed E-state index contributed by atoms with van der Waals surface area (Å²) in [6.07, 6.45) is 6.99. The van der Waals surface area contributed by atoms with E-state index >= 15 is 0 Å². The molecule has 4 aromatic rings. The molecule has 0 aliphatic carbocycles. The Labute approximate surface area is 226 Å². The van der Waals surface area contributed by atoms with E-state index in [0.29, 0.717) is 23.1 Å². The third-order valence-corrected chi connectivity index (χ3v) is 6.57. The number of hydrogen-bond acceptors (Lipinski definition) is 2. The van der Waals surface area contributed by atoms with E-state index < -0.39 is 29.2 Å². The third-order valence-electron chi connectivity index (χ3n) is 6.57. The smallest absolute Gasteiger partial charge is 0.311 e. The molecule has 0 aromatic heterocycles. The second kappa shape index (κ2) is 13.7. The Morgan fingerprint density at radius 1 is 0.564 bits per heavy atom. The number of rotatable bonds is 12. The zero-order chi connectivity index (χ0) is 27.6. The number of unbranched alkanes of at least 4 members (excludes halogenated alkanes) is 5. The maximum Gasteiger partial charge on any atom is 0.311 e. The van der Waals surface area contributed by atoms with Crippen molar-refractivity contribution >= 4 is 5.97 Å². The summed E-state index contributed by atoms with van der Waals surface area (Å²) in [5.74, 6) is -2.35. The summed E-state index contributed by atoms with van der Waals surface area (Å²) >= 11 is 0. The summed E-state index contributed by atoms with van der Waals surface area (Å²) in [6, 6.07) is 21.0. The summed E-state index contributed by atoms with van der Waals surface area (Å²) in [6.45, 7) is 0. The van der Waals surface area contributed by atoms with Gasteiger partial charge < -0.3 is 4.74 Å². The Balaban J connectivity index is 1.09. The van der Waals surface area contributed by atoms with Gasteiger partial charge in [-0.1, -0.05) is 62.1 Å². The lowest BCUT2D eigenvalue weighted by Crippen LogP contribution is -2.07. The van der Waals surface area contributed by atoms with Gasteiger partial charge in [0, 0.05) is 24.1 Å². The number of benzene rings is 4. The summed E-state index contributed by atoms with van der Waals surface area (Å²) in [5.41, 5.74) is 3.34. The SMILES string of the molecule is O=C(CCCCCCCCc1ccc(-c2cc(F)cc(F)c2)cc1)Oc1ccc(-c2ccc(F)cc2)c(F)c1. The van der Waals surface area contributed by atoms with Crippen molar-refractivity contribution in [3.63, 3.8) is 0 Å². The molecule has 6 heteroatoms. The van der Waals surface area contributed by atoms with Gasteiger partial charge in [0.1, 0.15) is 29.0 Å². The average molecular weight is 535 g/mol. The van der Waals surface area contributed by atoms with Gasteiger partial charge in [0.05, 0.1) is 0 Å². The highest BCUT2D eigenvalue weighted by Crippen LogP contribution is 2.27. The number of halogens is 4. The molecule has 0 radical (unpaired) electrons. The zero-order valence-electron chi connectivity index (χ0n) is 21.6. The third kappa shape index (κ3) is 8.54. The molecule has 0 heterocycles. The maximum absolute atomic E-state index is 14.5. The van der Waals surface area contributed by atoms with Gasteiger partial charge in [-0.2, -0.15) is 0 Å². The first-order valence-electron chi connectivity index (χ1n) is 13.2. The van der Waals surface area contributed by atoms with Crippen molar-refractivity contribution in [2.24, 2.45) is 0 Å². The van der Waals surface area contributed by atoms with Crippen LogP contribution in [0.15, 0.2) is 84.9 Å². The molecule has 0 aliphatic rings. The number of hydrogen-bond donors (Lipinski definition) is 0. The van der Waals surface area contributed by atoms with Crippen molar-refractivity contribution in [1.82, 2.24) is 0 Å². The van der Waals surface area contributed by atoms with E-state index in [1.165, 1.54) is 60.2 Å². The first-order valence-corrected chi connectivity index (χ1v) is 13.2. The Morgan fingerprint density at radius 3 is 1.85 bits per heavy atom. The van der Waals surface area contributed by atoms with Crippen LogP contribution < -0.4 is 4.74 Å². The molecule has 2 nitrogen and oxygen atoms in total. The van der Waals surface area contributed by atoms with Crippen molar-refractivity contribution in [2.75, 3.05) is 0 Å². The van der Waals surface area contributed by atoms with Gasteiger partial charge in [0.15, 0.2) is 0 Å². The van der Waals surface area contributed by atoms with Crippen LogP contribution in [0, 0.1) is 23.3 Å². The monoisotopic (exact) mass is 534 g/mol. The number of carbonyl (C=O) groups excluding carboxylic acids is 1. The van der Waals surface area contributed by atoms with E-state index in [9.17, 15) is 22.4 Å². The van der Waals surface area contributed by atoms with Crippen molar-refractivity contribution in [1.29, 1.82) is 0 Å². The number of carbonyl (C=O) groups is 1. The first kappa shape index (κ1) is 28.1. The standard InChI is InChI=1S/C33H30F4O2/c34-27-15-13-25(14-16-27)31-18-17-30(22-32(31)37)39-33(38)8-6-4-2-1-3-5-7-23-9-11-24(12-10-23)26-19-28(35)21-29(36)20-26/h9-22H,1-8H2. The summed E-state index contributed by atoms with van der Waals surface area (Å²) in [5, 5.41) is 0. The Kier molecular flexibility index (Phi) is 9.90. The Bertz CT molecular complexity index is 1360. The number of esters is 1. The molecule has 0 amide bonds. The van der Waals surface area contributed by atoms with Crippen LogP contribution in [0.1, 0.15) is 50.5 Å². The lowest BCUT2D eigenvalue weighted by atomic mass is 10.0. The molecule has 4 aromatic carbocycles. The molecule has 202 valence electrons. The molecule has 0 aliphatic heterocycles. The van der Waals surface area contributed by atoms with E-state index in [2.05, 4.69) is 0 Å². The molecule has 0 atom stereocenters. The summed E-state index contributed by atoms with van der Waals surface area (Å²) < 4.78 is 59.7. The zero-order valence-corrected chi connectivity index (χ0v) is 21.6. The lowest BCUT2D eigenvalue weighted by molar-refractivity contribution is -0.134. The van der Waals surface area contributed by atoms with Crippen LogP contribution >= 0.6 is 0 Å². The van der Waals surface area contributed by atoms with Gasteiger partial charge in [0.25, 0.3) is 0 Å². The van der Waals surface area contributed by atoms with Gasteiger partial charge in [-0.3, -0.25) is 4.79 Å². The Morgan fingerprint density at radius 2 is 1.18 bits per heavy atom. The fraction of sp³-hybridized carbons (Fsp3) is 0.242. The topological polar surface area (TPSA) is 26.3 Å². The second-order valence-corrected chi connectivity index (χ2v) is 9.60. The highest BCUT2D eigenvalue weighted by Gasteiger charge is 2.10. The van der Waals surface area contributed by atoms with Crippen LogP contribution in [-0.4, -0.2) is 5.97 Å². The van der Waals surface area contributed by atoms with E-state index in [4.69, 9.17) is 4.74 Å². The maximum atomic E-state index is 14.5. The number of ether oxygens (including phenoxy) is 1. The minimum Gasteiger partial charge on any atom is -0.426 e. The van der Waals surface area contributed by atoms with Gasteiger partial charge in [0.2, 0.25) is 0 Å². The predicted molar refractivity (Wildman–Crippen MR) is 145 cm³/mol. The fourth-order valence-corrected chi connectivity index (χ4v) is 4.50. The van der Waals surface area contributed by atoms with E-state index in [1.807, 2.05) is 24.3 Å². The van der Waals surface area contributed by atoms with Crippen molar-refractivity contribution in [3.05, 3.63) is 114 Å². The highest BCUT2D eigenvalue weighted by atomic mass is 19.1. The molecule has 0 saturated carbocycles. The van der Waals surface area contributed by atoms with Gasteiger partial charge >= 0.3 is 5.97 Å². The molecule has 0 N–H and O–H groups in total. The van der Waals surface area contributed by atoms with E-state index in [1.54, 1.807) is 0 Å². The second-order valence-electron chi connectivity index (χ2n) is 9.60. The van der Waals surface area contributed by atoms with Crippen LogP contribution in [0.25, 0.3) is 22.3 Å². The minimum absolute atomic E-state index is 0.152. The lowest BCUT2D eigenvalue weighted by Gasteiger charge is -2.08. The van der Waals surface area contributed by atoms with Gasteiger partial charge in [-0.05, 0) is 77.9 Å². The largest absolute Gasteiger partial charge is 0.426 e. The fourth-order valence-electron chi connectivity index (χ4n) is 4.50. The van der Waals surface area contributed by atoms with Gasteiger partial charge in [-0.15, -0.1) is 0 Å². The quantitative estimate of drug-likeness (QED) is 0.0783. The van der Waals surface area contributed by atoms with Crippen LogP contribution in [0.2, 0.25) is 0 Å². The minimum atomic E-state index is -0.587. The molecular formula is C33H30F4O2. The molecule has 0 saturated heterocycles. The summed E-state index contributed by atoms with van der Waals surface area (Å²) in [7, 11) is 0.